The Hall–Kier alpha value is 1.58. The zero-order valence-electron chi connectivity index (χ0n) is 3.70. The van der Waals surface area contributed by atoms with Crippen molar-refractivity contribution < 1.29 is 97.2 Å². The third kappa shape index (κ3) is 132. The molecule has 0 aliphatic heterocycles. The van der Waals surface area contributed by atoms with Crippen LogP contribution in [0.4, 0.5) is 4.79 Å². The van der Waals surface area contributed by atoms with E-state index in [0.717, 1.165) is 0 Å². The second kappa shape index (κ2) is 23.5. The van der Waals surface area contributed by atoms with E-state index in [1.54, 1.807) is 0 Å². The van der Waals surface area contributed by atoms with Gasteiger partial charge in [-0.05, 0) is 6.16 Å². The van der Waals surface area contributed by atoms with Crippen LogP contribution in [0, 0.1) is 71.2 Å². The number of carbonyl (C=O) groups excluding carboxylic acids is 1. The maximum absolute atomic E-state index is 8.33. The first-order chi connectivity index (χ1) is 1.73. The van der Waals surface area contributed by atoms with Crippen LogP contribution in [0.25, 0.3) is 0 Å². The van der Waals surface area contributed by atoms with Crippen LogP contribution in [-0.2, 0) is 11.0 Å². The molecule has 0 aromatic carbocycles. The van der Waals surface area contributed by atoms with Gasteiger partial charge in [-0.15, -0.1) is 0 Å². The van der Waals surface area contributed by atoms with Gasteiger partial charge in [0.15, 0.2) is 0 Å². The molecule has 0 spiro atoms. The van der Waals surface area contributed by atoms with Crippen LogP contribution in [-0.4, -0.2) is 6.16 Å². The van der Waals surface area contributed by atoms with Crippen LogP contribution in [0.15, 0.2) is 0 Å². The molecule has 0 atom stereocenters. The van der Waals surface area contributed by atoms with E-state index in [9.17, 15) is 0 Å². The Balaban J connectivity index is -0.00000000750. The van der Waals surface area contributed by atoms with Gasteiger partial charge in [-0.25, -0.2) is 0 Å². The fraction of sp³-hybridized carbons (Fsp3) is 0. The van der Waals surface area contributed by atoms with Crippen molar-refractivity contribution in [2.24, 2.45) is 0 Å². The summed E-state index contributed by atoms with van der Waals surface area (Å²) in [5, 5.41) is 16.7. The number of rotatable bonds is 0. The number of carboxylic acid groups (broad SMARTS) is 2. The number of hydrogen-bond donors (Lipinski definition) is 0. The molecular weight excluding hydrogens is 370 g/mol. The van der Waals surface area contributed by atoms with Crippen LogP contribution in [0.1, 0.15) is 0 Å². The molecular formula is CLa2O5. The first kappa shape index (κ1) is 33.6. The largest absolute Gasteiger partial charge is 3.00 e. The van der Waals surface area contributed by atoms with Crippen molar-refractivity contribution in [3.63, 3.8) is 0 Å². The van der Waals surface area contributed by atoms with E-state index in [1.807, 2.05) is 0 Å². The van der Waals surface area contributed by atoms with Crippen molar-refractivity contribution in [3.05, 3.63) is 0 Å². The Bertz CT molecular complexity index is 33.4. The Labute approximate surface area is 102 Å². The van der Waals surface area contributed by atoms with E-state index < -0.39 is 6.16 Å². The fourth-order valence-corrected chi connectivity index (χ4v) is 0. The Morgan fingerprint density at radius 1 is 1.00 bits per heavy atom. The van der Waals surface area contributed by atoms with E-state index in [4.69, 9.17) is 15.0 Å². The van der Waals surface area contributed by atoms with Crippen LogP contribution < -0.4 is 10.2 Å². The Morgan fingerprint density at radius 2 is 1.00 bits per heavy atom. The summed E-state index contributed by atoms with van der Waals surface area (Å²) in [6, 6.07) is 0. The van der Waals surface area contributed by atoms with Crippen molar-refractivity contribution in [1.29, 1.82) is 0 Å². The van der Waals surface area contributed by atoms with E-state index >= 15 is 0 Å². The van der Waals surface area contributed by atoms with Crippen molar-refractivity contribution in [3.8, 4) is 0 Å². The topological polar surface area (TPSA) is 120 Å². The molecule has 0 bridgehead atoms. The van der Waals surface area contributed by atoms with Gasteiger partial charge in [-0.3, -0.25) is 0 Å². The van der Waals surface area contributed by atoms with Gasteiger partial charge in [-0.2, -0.15) is 0 Å². The van der Waals surface area contributed by atoms with Gasteiger partial charge < -0.3 is 26.0 Å². The Morgan fingerprint density at radius 3 is 1.00 bits per heavy atom. The third-order valence-electron chi connectivity index (χ3n) is 0. The fourth-order valence-electron chi connectivity index (χ4n) is 0. The van der Waals surface area contributed by atoms with Gasteiger partial charge in [0.1, 0.15) is 0 Å². The quantitative estimate of drug-likeness (QED) is 0.462. The molecule has 0 aromatic heterocycles. The summed E-state index contributed by atoms with van der Waals surface area (Å²) >= 11 is 0. The average molecular weight is 370 g/mol. The van der Waals surface area contributed by atoms with Crippen molar-refractivity contribution in [1.82, 2.24) is 0 Å². The standard InChI is InChI=1S/CH2O3.2La.2O/c2-1(3)4;;;;/h(H2,2,3,4);;;;/q;2*+3;2*-2/p-2. The molecule has 0 fully saturated rings. The molecule has 0 aromatic rings. The minimum Gasteiger partial charge on any atom is -2.00 e. The molecule has 0 aliphatic rings. The summed E-state index contributed by atoms with van der Waals surface area (Å²) in [5.74, 6) is 0. The van der Waals surface area contributed by atoms with Crippen LogP contribution in [0.3, 0.4) is 0 Å². The first-order valence-corrected chi connectivity index (χ1v) is 0.612. The third-order valence-corrected chi connectivity index (χ3v) is 0. The van der Waals surface area contributed by atoms with Gasteiger partial charge in [0.25, 0.3) is 0 Å². The average Bonchev–Trinajstić information content (AvgIpc) is 0.811. The van der Waals surface area contributed by atoms with E-state index in [1.165, 1.54) is 0 Å². The minimum absolute atomic E-state index is 0. The monoisotopic (exact) mass is 370 g/mol. The summed E-state index contributed by atoms with van der Waals surface area (Å²) in [4.78, 5) is 8.33. The molecule has 0 amide bonds. The van der Waals surface area contributed by atoms with Gasteiger partial charge in [0.2, 0.25) is 0 Å². The number of hydrogen-bond acceptors (Lipinski definition) is 3. The number of carbonyl (C=O) groups is 1. The predicted octanol–water partition coefficient (Wildman–Crippen LogP) is -2.68. The van der Waals surface area contributed by atoms with Gasteiger partial charge >= 0.3 is 71.2 Å². The summed E-state index contributed by atoms with van der Waals surface area (Å²) in [5.41, 5.74) is 0. The molecule has 0 saturated heterocycles. The molecule has 5 nitrogen and oxygen atoms in total. The van der Waals surface area contributed by atoms with Crippen LogP contribution in [0.2, 0.25) is 0 Å². The zero-order valence-corrected chi connectivity index (χ0v) is 10.9. The van der Waals surface area contributed by atoms with E-state index in [0.29, 0.717) is 0 Å². The summed E-state index contributed by atoms with van der Waals surface area (Å²) in [6.07, 6.45) is -2.33. The van der Waals surface area contributed by atoms with Gasteiger partial charge in [0, 0.05) is 0 Å². The van der Waals surface area contributed by atoms with E-state index in [-0.39, 0.29) is 82.2 Å². The molecule has 0 saturated carbocycles. The molecule has 0 radical (unpaired) electrons. The predicted molar refractivity (Wildman–Crippen MR) is 6.77 cm³/mol. The zero-order chi connectivity index (χ0) is 3.58. The summed E-state index contributed by atoms with van der Waals surface area (Å²) in [6.45, 7) is 0. The van der Waals surface area contributed by atoms with Crippen LogP contribution in [0.5, 0.6) is 0 Å². The maximum atomic E-state index is 8.33. The van der Waals surface area contributed by atoms with Crippen molar-refractivity contribution in [2.75, 3.05) is 0 Å². The molecule has 7 heteroatoms. The molecule has 0 rings (SSSR count). The Kier molecular flexibility index (Phi) is 98.8. The smallest absolute Gasteiger partial charge is 2.00 e. The van der Waals surface area contributed by atoms with Crippen molar-refractivity contribution in [2.45, 2.75) is 0 Å². The molecule has 0 unspecified atom stereocenters. The van der Waals surface area contributed by atoms with Gasteiger partial charge in [0.05, 0.1) is 0 Å². The molecule has 40 valence electrons. The summed E-state index contributed by atoms with van der Waals surface area (Å²) < 4.78 is 0. The second-order valence-corrected chi connectivity index (χ2v) is 0.250. The second-order valence-electron chi connectivity index (χ2n) is 0.250. The minimum atomic E-state index is -2.33. The SMILES string of the molecule is O=C([O-])[O-].[La+3].[La+3].[O-2].[O-2]. The molecule has 0 heterocycles. The molecule has 8 heavy (non-hydrogen) atoms. The van der Waals surface area contributed by atoms with Crippen LogP contribution >= 0.6 is 0 Å². The van der Waals surface area contributed by atoms with E-state index in [2.05, 4.69) is 0 Å². The first-order valence-electron chi connectivity index (χ1n) is 0.612. The molecule has 0 aliphatic carbocycles. The summed E-state index contributed by atoms with van der Waals surface area (Å²) in [7, 11) is 0. The van der Waals surface area contributed by atoms with Crippen molar-refractivity contribution >= 4 is 6.16 Å². The normalized spacial score (nSPS) is 3.00. The van der Waals surface area contributed by atoms with Gasteiger partial charge in [-0.1, -0.05) is 0 Å². The maximum Gasteiger partial charge on any atom is 3.00 e. The molecule has 0 N–H and O–H groups in total.